The second-order valence-electron chi connectivity index (χ2n) is 1.57. The summed E-state index contributed by atoms with van der Waals surface area (Å²) in [7, 11) is 0. The number of nitrogen functional groups attached to an aromatic ring is 2. The van der Waals surface area contributed by atoms with Crippen molar-refractivity contribution in [1.29, 1.82) is 5.26 Å². The van der Waals surface area contributed by atoms with Crippen LogP contribution in [0.3, 0.4) is 0 Å². The monoisotopic (exact) mass is 134 g/mol. The molecule has 0 aliphatic heterocycles. The number of rotatable bonds is 0. The molecule has 0 fully saturated rings. The van der Waals surface area contributed by atoms with Crippen molar-refractivity contribution in [2.24, 2.45) is 0 Å². The predicted octanol–water partition coefficient (Wildman–Crippen LogP) is -0.687. The van der Waals surface area contributed by atoms with Gasteiger partial charge in [-0.3, -0.25) is 0 Å². The molecular formula is C5H4N5. The molecule has 4 N–H and O–H groups in total. The smallest absolute Gasteiger partial charge is 0.222 e. The van der Waals surface area contributed by atoms with Crippen LogP contribution in [0.4, 0.5) is 11.8 Å². The van der Waals surface area contributed by atoms with Crippen LogP contribution in [0.25, 0.3) is 0 Å². The lowest BCUT2D eigenvalue weighted by Gasteiger charge is -1.93. The molecule has 0 atom stereocenters. The maximum absolute atomic E-state index is 8.33. The summed E-state index contributed by atoms with van der Waals surface area (Å²) in [5.41, 5.74) is 10.5. The molecule has 1 aromatic rings. The molecule has 49 valence electrons. The number of hydrogen-bond acceptors (Lipinski definition) is 5. The summed E-state index contributed by atoms with van der Waals surface area (Å²) < 4.78 is 0. The highest BCUT2D eigenvalue weighted by Gasteiger charge is 1.99. The van der Waals surface area contributed by atoms with Gasteiger partial charge in [-0.05, 0) is 0 Å². The van der Waals surface area contributed by atoms with Crippen LogP contribution in [0, 0.1) is 17.5 Å². The Labute approximate surface area is 57.3 Å². The molecule has 0 amide bonds. The van der Waals surface area contributed by atoms with E-state index in [1.165, 1.54) is 0 Å². The Hall–Kier alpha value is -1.83. The second-order valence-corrected chi connectivity index (χ2v) is 1.57. The lowest BCUT2D eigenvalue weighted by molar-refractivity contribution is 1.17. The van der Waals surface area contributed by atoms with Crippen molar-refractivity contribution in [2.75, 3.05) is 11.5 Å². The maximum atomic E-state index is 8.33. The van der Waals surface area contributed by atoms with Crippen LogP contribution in [0.2, 0.25) is 0 Å². The molecule has 1 heterocycles. The van der Waals surface area contributed by atoms with Gasteiger partial charge in [0.15, 0.2) is 0 Å². The van der Waals surface area contributed by atoms with Crippen LogP contribution in [0.15, 0.2) is 0 Å². The van der Waals surface area contributed by atoms with Crippen molar-refractivity contribution in [3.63, 3.8) is 0 Å². The van der Waals surface area contributed by atoms with Crippen molar-refractivity contribution in [1.82, 2.24) is 9.97 Å². The van der Waals surface area contributed by atoms with Crippen LogP contribution in [0.5, 0.6) is 0 Å². The van der Waals surface area contributed by atoms with E-state index in [-0.39, 0.29) is 17.3 Å². The van der Waals surface area contributed by atoms with Gasteiger partial charge in [-0.25, -0.2) is 4.98 Å². The Balaban J connectivity index is 3.23. The largest absolute Gasteiger partial charge is 0.382 e. The number of hydrogen-bond donors (Lipinski definition) is 2. The summed E-state index contributed by atoms with van der Waals surface area (Å²) in [6.45, 7) is 0. The standard InChI is InChI=1S/C5H4N5/c6-1-3-2-9-5(8)10-4(3)7/h(H4,7,8,9,10). The Morgan fingerprint density at radius 2 is 2.20 bits per heavy atom. The summed E-state index contributed by atoms with van der Waals surface area (Å²) >= 11 is 0. The summed E-state index contributed by atoms with van der Waals surface area (Å²) in [5.74, 6) is 0.0894. The molecule has 0 aliphatic carbocycles. The second kappa shape index (κ2) is 2.19. The Kier molecular flexibility index (Phi) is 1.38. The van der Waals surface area contributed by atoms with Gasteiger partial charge in [0.1, 0.15) is 23.6 Å². The lowest BCUT2D eigenvalue weighted by Crippen LogP contribution is -2.01. The van der Waals surface area contributed by atoms with E-state index < -0.39 is 0 Å². The fourth-order valence-electron chi connectivity index (χ4n) is 0.457. The fourth-order valence-corrected chi connectivity index (χ4v) is 0.457. The topological polar surface area (TPSA) is 102 Å². The highest BCUT2D eigenvalue weighted by Crippen LogP contribution is 2.04. The molecule has 1 rings (SSSR count). The molecule has 0 saturated heterocycles. The van der Waals surface area contributed by atoms with E-state index in [2.05, 4.69) is 16.2 Å². The van der Waals surface area contributed by atoms with Gasteiger partial charge < -0.3 is 11.5 Å². The number of nitrogens with two attached hydrogens (primary N) is 2. The summed E-state index contributed by atoms with van der Waals surface area (Å²) in [4.78, 5) is 6.99. The molecule has 1 radical (unpaired) electrons. The minimum absolute atomic E-state index is 0.0245. The molecule has 0 aromatic carbocycles. The third kappa shape index (κ3) is 0.951. The Morgan fingerprint density at radius 3 is 2.70 bits per heavy atom. The van der Waals surface area contributed by atoms with Crippen molar-refractivity contribution in [3.05, 3.63) is 11.8 Å². The maximum Gasteiger partial charge on any atom is 0.222 e. The zero-order valence-corrected chi connectivity index (χ0v) is 5.00. The first kappa shape index (κ1) is 6.29. The normalized spacial score (nSPS) is 8.70. The number of nitriles is 1. The Morgan fingerprint density at radius 1 is 1.50 bits per heavy atom. The van der Waals surface area contributed by atoms with Crippen LogP contribution < -0.4 is 11.5 Å². The van der Waals surface area contributed by atoms with E-state index in [4.69, 9.17) is 16.7 Å². The first-order valence-corrected chi connectivity index (χ1v) is 2.45. The van der Waals surface area contributed by atoms with E-state index in [1.807, 2.05) is 0 Å². The third-order valence-electron chi connectivity index (χ3n) is 0.885. The third-order valence-corrected chi connectivity index (χ3v) is 0.885. The van der Waals surface area contributed by atoms with Crippen LogP contribution >= 0.6 is 0 Å². The van der Waals surface area contributed by atoms with Crippen LogP contribution in [0.1, 0.15) is 5.56 Å². The highest BCUT2D eigenvalue weighted by molar-refractivity contribution is 5.47. The zero-order chi connectivity index (χ0) is 7.56. The molecule has 0 spiro atoms. The van der Waals surface area contributed by atoms with E-state index in [9.17, 15) is 0 Å². The van der Waals surface area contributed by atoms with E-state index >= 15 is 0 Å². The fraction of sp³-hybridized carbons (Fsp3) is 0. The molecule has 0 unspecified atom stereocenters. The van der Waals surface area contributed by atoms with Crippen molar-refractivity contribution in [2.45, 2.75) is 0 Å². The van der Waals surface area contributed by atoms with Gasteiger partial charge in [0, 0.05) is 0 Å². The zero-order valence-electron chi connectivity index (χ0n) is 5.00. The summed E-state index contributed by atoms with van der Waals surface area (Å²) in [5, 5.41) is 8.33. The quantitative estimate of drug-likeness (QED) is 0.489. The van der Waals surface area contributed by atoms with Gasteiger partial charge in [0.05, 0.1) is 0 Å². The van der Waals surface area contributed by atoms with E-state index in [0.717, 1.165) is 0 Å². The van der Waals surface area contributed by atoms with Gasteiger partial charge in [-0.15, -0.1) is 0 Å². The van der Waals surface area contributed by atoms with E-state index in [0.29, 0.717) is 0 Å². The minimum atomic E-state index is 0.0245. The molecule has 10 heavy (non-hydrogen) atoms. The van der Waals surface area contributed by atoms with E-state index in [1.54, 1.807) is 6.07 Å². The molecule has 5 heteroatoms. The molecular weight excluding hydrogens is 130 g/mol. The lowest BCUT2D eigenvalue weighted by atomic mass is 10.3. The molecule has 5 nitrogen and oxygen atoms in total. The average molecular weight is 134 g/mol. The van der Waals surface area contributed by atoms with Gasteiger partial charge in [-0.1, -0.05) is 0 Å². The molecule has 0 saturated carbocycles. The summed E-state index contributed by atoms with van der Waals surface area (Å²) in [6.07, 6.45) is 2.33. The average Bonchev–Trinajstić information content (AvgIpc) is 1.88. The number of anilines is 2. The van der Waals surface area contributed by atoms with Crippen molar-refractivity contribution < 1.29 is 0 Å². The van der Waals surface area contributed by atoms with Crippen molar-refractivity contribution >= 4 is 11.8 Å². The minimum Gasteiger partial charge on any atom is -0.382 e. The molecule has 0 aliphatic rings. The van der Waals surface area contributed by atoms with Crippen LogP contribution in [-0.2, 0) is 0 Å². The number of nitrogens with zero attached hydrogens (tertiary/aromatic N) is 3. The van der Waals surface area contributed by atoms with Gasteiger partial charge in [-0.2, -0.15) is 10.2 Å². The van der Waals surface area contributed by atoms with Crippen molar-refractivity contribution in [3.8, 4) is 6.07 Å². The molecule has 1 aromatic heterocycles. The van der Waals surface area contributed by atoms with Gasteiger partial charge in [0.25, 0.3) is 0 Å². The first-order valence-electron chi connectivity index (χ1n) is 2.45. The SMILES string of the molecule is N#Cc1[c]nc(N)nc1N. The predicted molar refractivity (Wildman–Crippen MR) is 34.4 cm³/mol. The Bertz CT molecular complexity index is 287. The number of aromatic nitrogens is 2. The first-order chi connectivity index (χ1) is 4.74. The highest BCUT2D eigenvalue weighted by atomic mass is 15.0. The van der Waals surface area contributed by atoms with Crippen LogP contribution in [-0.4, -0.2) is 9.97 Å². The molecule has 0 bridgehead atoms. The van der Waals surface area contributed by atoms with Gasteiger partial charge in [0.2, 0.25) is 5.95 Å². The van der Waals surface area contributed by atoms with Gasteiger partial charge >= 0.3 is 0 Å². The summed E-state index contributed by atoms with van der Waals surface area (Å²) in [6, 6.07) is 1.76.